The monoisotopic (exact) mass is 772 g/mol. The molecule has 0 bridgehead atoms. The van der Waals surface area contributed by atoms with E-state index in [-0.39, 0.29) is 25.5 Å². The van der Waals surface area contributed by atoms with Crippen molar-refractivity contribution < 1.29 is 60.3 Å². The van der Waals surface area contributed by atoms with Gasteiger partial charge in [0.05, 0.1) is 35.3 Å². The van der Waals surface area contributed by atoms with Gasteiger partial charge < -0.3 is 35.4 Å². The summed E-state index contributed by atoms with van der Waals surface area (Å²) >= 11 is 0. The van der Waals surface area contributed by atoms with E-state index in [2.05, 4.69) is 16.0 Å². The maximum atomic E-state index is 14.4. The highest BCUT2D eigenvalue weighted by atomic mass is 32.2. The van der Waals surface area contributed by atoms with Crippen molar-refractivity contribution in [3.63, 3.8) is 0 Å². The van der Waals surface area contributed by atoms with E-state index in [0.29, 0.717) is 22.8 Å². The molecule has 2 aromatic carbocycles. The van der Waals surface area contributed by atoms with Crippen LogP contribution in [0.5, 0.6) is 5.75 Å². The maximum absolute atomic E-state index is 14.4. The number of methoxy groups -OCH3 is 1. The van der Waals surface area contributed by atoms with E-state index in [1.165, 1.54) is 13.2 Å². The van der Waals surface area contributed by atoms with Crippen LogP contribution in [0.25, 0.3) is 0 Å². The molecular weight excluding hydrogens is 728 g/mol. The fourth-order valence-electron chi connectivity index (χ4n) is 5.54. The van der Waals surface area contributed by atoms with Gasteiger partial charge in [-0.15, -0.1) is 0 Å². The second-order valence-corrected chi connectivity index (χ2v) is 14.9. The summed E-state index contributed by atoms with van der Waals surface area (Å²) in [6.45, 7) is 6.27. The zero-order chi connectivity index (χ0) is 39.6. The number of carboxylic acid groups (broad SMARTS) is 1. The Labute approximate surface area is 306 Å². The fraction of sp³-hybridized carbons (Fsp3) is 0.514. The minimum absolute atomic E-state index is 0.000888. The van der Waals surface area contributed by atoms with Crippen LogP contribution in [-0.4, -0.2) is 101 Å². The molecule has 5 atom stereocenters. The average molecular weight is 773 g/mol. The Hall–Kier alpha value is -4.74. The van der Waals surface area contributed by atoms with Gasteiger partial charge in [-0.25, -0.2) is 27.2 Å². The van der Waals surface area contributed by atoms with E-state index in [9.17, 15) is 45.7 Å². The highest BCUT2D eigenvalue weighted by molar-refractivity contribution is 7.85. The third-order valence-corrected chi connectivity index (χ3v) is 9.95. The molecule has 0 radical (unpaired) electrons. The lowest BCUT2D eigenvalue weighted by atomic mass is 10.0. The topological polar surface area (TPSA) is 180 Å². The quantitative estimate of drug-likeness (QED) is 0.175. The lowest BCUT2D eigenvalue weighted by Gasteiger charge is -2.31. The second-order valence-electron chi connectivity index (χ2n) is 13.2. The summed E-state index contributed by atoms with van der Waals surface area (Å²) in [5, 5.41) is 15.2. The molecule has 1 aliphatic rings. The van der Waals surface area contributed by atoms with Crippen LogP contribution in [0.4, 0.5) is 22.4 Å². The first-order valence-corrected chi connectivity index (χ1v) is 18.0. The van der Waals surface area contributed by atoms with Crippen molar-refractivity contribution in [1.82, 2.24) is 20.9 Å². The molecule has 13 nitrogen and oxygen atoms in total. The minimum atomic E-state index is -3.09. The Morgan fingerprint density at radius 2 is 1.68 bits per heavy atom. The third-order valence-electron chi connectivity index (χ3n) is 8.29. The van der Waals surface area contributed by atoms with Gasteiger partial charge in [0.25, 0.3) is 0 Å². The van der Waals surface area contributed by atoms with Crippen molar-refractivity contribution in [2.75, 3.05) is 26.8 Å². The van der Waals surface area contributed by atoms with Gasteiger partial charge >= 0.3 is 12.1 Å². The normalized spacial score (nSPS) is 17.3. The number of carboxylic acids is 1. The molecule has 18 heteroatoms. The number of amides is 4. The van der Waals surface area contributed by atoms with E-state index >= 15 is 0 Å². The van der Waals surface area contributed by atoms with Crippen molar-refractivity contribution in [2.24, 2.45) is 11.8 Å². The first kappa shape index (κ1) is 42.7. The van der Waals surface area contributed by atoms with Gasteiger partial charge in [-0.2, -0.15) is 0 Å². The van der Waals surface area contributed by atoms with Crippen LogP contribution >= 0.6 is 0 Å². The number of halogens is 4. The smallest absolute Gasteiger partial charge is 0.407 e. The number of hydrogen-bond donors (Lipinski definition) is 4. The minimum Gasteiger partial charge on any atom is -0.497 e. The van der Waals surface area contributed by atoms with E-state index in [4.69, 9.17) is 14.6 Å². The summed E-state index contributed by atoms with van der Waals surface area (Å²) in [5.41, 5.74) is -1.19. The molecule has 1 heterocycles. The molecule has 1 saturated heterocycles. The Kier molecular flexibility index (Phi) is 15.6. The molecule has 1 aliphatic heterocycles. The third kappa shape index (κ3) is 11.9. The van der Waals surface area contributed by atoms with Crippen molar-refractivity contribution in [3.05, 3.63) is 59.2 Å². The van der Waals surface area contributed by atoms with Gasteiger partial charge in [-0.3, -0.25) is 18.6 Å². The number of benzene rings is 2. The zero-order valence-electron chi connectivity index (χ0n) is 29.8. The van der Waals surface area contributed by atoms with E-state index in [1.54, 1.807) is 32.0 Å². The number of aromatic carboxylic acids is 1. The molecule has 53 heavy (non-hydrogen) atoms. The van der Waals surface area contributed by atoms with Crippen LogP contribution in [0.3, 0.4) is 0 Å². The number of carbonyl (C=O) groups excluding carboxylic acids is 4. The summed E-state index contributed by atoms with van der Waals surface area (Å²) in [6.07, 6.45) is -5.83. The molecule has 0 aromatic heterocycles. The Bertz CT molecular complexity index is 1660. The summed E-state index contributed by atoms with van der Waals surface area (Å²) in [4.78, 5) is 66.0. The zero-order valence-corrected chi connectivity index (χ0v) is 30.6. The summed E-state index contributed by atoms with van der Waals surface area (Å²) in [7, 11) is -0.387. The largest absolute Gasteiger partial charge is 0.497 e. The van der Waals surface area contributed by atoms with E-state index in [1.807, 2.05) is 13.8 Å². The highest BCUT2D eigenvalue weighted by Crippen LogP contribution is 2.29. The van der Waals surface area contributed by atoms with Crippen LogP contribution < -0.4 is 20.7 Å². The molecule has 0 saturated carbocycles. The highest BCUT2D eigenvalue weighted by Gasteiger charge is 2.45. The van der Waals surface area contributed by atoms with Crippen molar-refractivity contribution >= 4 is 40.6 Å². The standard InChI is InChI=1S/C35H44F4N4O9S/c1-18(2)17-52-35(49)42-30(19(3)4)33(46)43-16-23(53(50)22-8-6-7-21(13-22)51-5)14-28(43)32(45)41-27(15-29(38)39)31(44)40-10-9-24-25(36)11-20(34(47)48)12-26(24)37/h6-8,11-13,18-19,23,27-30H,9-10,14-17H2,1-5H3,(H,40,44)(H,41,45)(H,42,49)(H,47,48)/t23-,27+,28+,30+,53?/m1/s1. The van der Waals surface area contributed by atoms with Crippen molar-refractivity contribution in [1.29, 1.82) is 0 Å². The molecule has 0 aliphatic carbocycles. The van der Waals surface area contributed by atoms with Crippen LogP contribution in [-0.2, 0) is 36.3 Å². The van der Waals surface area contributed by atoms with Gasteiger partial charge in [-0.05, 0) is 55.0 Å². The van der Waals surface area contributed by atoms with Gasteiger partial charge in [0.1, 0.15) is 35.5 Å². The molecule has 4 amide bonds. The summed E-state index contributed by atoms with van der Waals surface area (Å²) < 4.78 is 80.3. The van der Waals surface area contributed by atoms with Gasteiger partial charge in [0, 0.05) is 30.0 Å². The maximum Gasteiger partial charge on any atom is 0.407 e. The molecule has 3 rings (SSSR count). The lowest BCUT2D eigenvalue weighted by Crippen LogP contribution is -2.57. The molecule has 2 aromatic rings. The van der Waals surface area contributed by atoms with Crippen molar-refractivity contribution in [3.8, 4) is 5.75 Å². The fourth-order valence-corrected chi connectivity index (χ4v) is 7.03. The van der Waals surface area contributed by atoms with Crippen LogP contribution in [0.2, 0.25) is 0 Å². The van der Waals surface area contributed by atoms with Gasteiger partial charge in [0.15, 0.2) is 0 Å². The van der Waals surface area contributed by atoms with Crippen LogP contribution in [0.15, 0.2) is 41.3 Å². The summed E-state index contributed by atoms with van der Waals surface area (Å²) in [6, 6.07) is 3.05. The molecular formula is C35H44F4N4O9S. The molecule has 1 fully saturated rings. The number of alkyl halides is 2. The Balaban J connectivity index is 1.85. The number of ether oxygens (including phenoxy) is 2. The van der Waals surface area contributed by atoms with Crippen LogP contribution in [0.1, 0.15) is 56.5 Å². The lowest BCUT2D eigenvalue weighted by molar-refractivity contribution is -0.141. The van der Waals surface area contributed by atoms with Gasteiger partial charge in [-0.1, -0.05) is 33.8 Å². The molecule has 292 valence electrons. The number of alkyl carbamates (subject to hydrolysis) is 1. The molecule has 4 N–H and O–H groups in total. The second kappa shape index (κ2) is 19.4. The number of likely N-dealkylation sites (tertiary alicyclic amines) is 1. The number of rotatable bonds is 17. The van der Waals surface area contributed by atoms with E-state index < -0.39 is 118 Å². The first-order valence-electron chi connectivity index (χ1n) is 16.8. The van der Waals surface area contributed by atoms with Crippen LogP contribution in [0, 0.1) is 23.5 Å². The predicted octanol–water partition coefficient (Wildman–Crippen LogP) is 3.65. The first-order chi connectivity index (χ1) is 24.9. The summed E-state index contributed by atoms with van der Waals surface area (Å²) in [5.74, 6) is -6.94. The van der Waals surface area contributed by atoms with Gasteiger partial charge in [0.2, 0.25) is 24.1 Å². The average Bonchev–Trinajstić information content (AvgIpc) is 3.55. The number of nitrogens with one attached hydrogen (secondary N) is 3. The molecule has 1 unspecified atom stereocenters. The number of hydrogen-bond acceptors (Lipinski definition) is 8. The Morgan fingerprint density at radius 3 is 2.25 bits per heavy atom. The predicted molar refractivity (Wildman–Crippen MR) is 184 cm³/mol. The molecule has 0 spiro atoms. The number of nitrogens with zero attached hydrogens (tertiary/aromatic N) is 1. The van der Waals surface area contributed by atoms with E-state index in [0.717, 1.165) is 4.90 Å². The Morgan fingerprint density at radius 1 is 1.02 bits per heavy atom. The SMILES string of the molecule is COc1cccc(S(=O)[C@@H]2C[C@@H](C(=O)N[C@@H](CC(F)F)C(=O)NCCc3c(F)cc(C(=O)O)cc3F)N(C(=O)[C@@H](NC(=O)OCC(C)C)C(C)C)C2)c1. The number of carbonyl (C=O) groups is 5. The van der Waals surface area contributed by atoms with Crippen molar-refractivity contribution in [2.45, 2.75) is 81.7 Å².